The van der Waals surface area contributed by atoms with Gasteiger partial charge in [0.25, 0.3) is 0 Å². The molecule has 0 spiro atoms. The zero-order chi connectivity index (χ0) is 19.7. The molecule has 0 saturated carbocycles. The van der Waals surface area contributed by atoms with E-state index in [2.05, 4.69) is 38.6 Å². The van der Waals surface area contributed by atoms with E-state index in [1.54, 1.807) is 4.57 Å². The third kappa shape index (κ3) is 3.99. The second kappa shape index (κ2) is 7.48. The van der Waals surface area contributed by atoms with Gasteiger partial charge < -0.3 is 13.7 Å². The minimum absolute atomic E-state index is 0.0497. The van der Waals surface area contributed by atoms with E-state index in [9.17, 15) is 13.6 Å². The average molecular weight is 384 g/mol. The number of hydrogen-bond acceptors (Lipinski definition) is 3. The van der Waals surface area contributed by atoms with Gasteiger partial charge in [-0.05, 0) is 36.3 Å². The van der Waals surface area contributed by atoms with Gasteiger partial charge in [-0.1, -0.05) is 20.8 Å². The summed E-state index contributed by atoms with van der Waals surface area (Å²) < 4.78 is 39.9. The summed E-state index contributed by atoms with van der Waals surface area (Å²) in [6, 6.07) is 4.53. The lowest BCUT2D eigenvalue weighted by Crippen LogP contribution is -2.40. The summed E-state index contributed by atoms with van der Waals surface area (Å²) in [5, 5.41) is 0.711. The number of methoxy groups -OCH3 is 1. The number of hydrogen-bond donors (Lipinski definition) is 0. The molecule has 2 aromatic rings. The molecule has 0 fully saturated rings. The molecular formula is C19H27F2NO3Si. The number of carbonyl (C=O) groups excluding carboxylic acids is 1. The molecule has 7 heteroatoms. The number of aromatic nitrogens is 1. The van der Waals surface area contributed by atoms with Gasteiger partial charge in [0.15, 0.2) is 8.32 Å². The normalized spacial score (nSPS) is 12.6. The van der Waals surface area contributed by atoms with Crippen molar-refractivity contribution in [1.29, 1.82) is 0 Å². The maximum absolute atomic E-state index is 14.3. The van der Waals surface area contributed by atoms with Gasteiger partial charge in [0.05, 0.1) is 31.3 Å². The first kappa shape index (κ1) is 20.6. The van der Waals surface area contributed by atoms with E-state index in [-0.39, 0.29) is 17.1 Å². The Morgan fingerprint density at radius 2 is 1.88 bits per heavy atom. The van der Waals surface area contributed by atoms with E-state index in [0.717, 1.165) is 5.69 Å². The predicted molar refractivity (Wildman–Crippen MR) is 101 cm³/mol. The van der Waals surface area contributed by atoms with E-state index in [1.807, 2.05) is 6.07 Å². The SMILES string of the molecule is COC(=O)c1cc2cc(CO[Si](C)(C)C(C)(C)C)n(CCF)c2cc1F. The Kier molecular flexibility index (Phi) is 5.92. The number of ether oxygens (including phenoxy) is 1. The van der Waals surface area contributed by atoms with Crippen LogP contribution >= 0.6 is 0 Å². The van der Waals surface area contributed by atoms with Crippen LogP contribution in [0.4, 0.5) is 8.78 Å². The number of aryl methyl sites for hydroxylation is 1. The molecule has 0 N–H and O–H groups in total. The number of nitrogens with zero attached hydrogens (tertiary/aromatic N) is 1. The molecule has 1 heterocycles. The van der Waals surface area contributed by atoms with Crippen LogP contribution in [0.3, 0.4) is 0 Å². The number of carbonyl (C=O) groups is 1. The minimum Gasteiger partial charge on any atom is -0.465 e. The zero-order valence-corrected chi connectivity index (χ0v) is 17.3. The van der Waals surface area contributed by atoms with Gasteiger partial charge >= 0.3 is 5.97 Å². The Hall–Kier alpha value is -1.73. The minimum atomic E-state index is -1.98. The number of esters is 1. The molecule has 0 aliphatic carbocycles. The Morgan fingerprint density at radius 3 is 2.42 bits per heavy atom. The monoisotopic (exact) mass is 383 g/mol. The van der Waals surface area contributed by atoms with Crippen molar-refractivity contribution >= 4 is 25.2 Å². The van der Waals surface area contributed by atoms with Crippen molar-refractivity contribution in [2.24, 2.45) is 0 Å². The predicted octanol–water partition coefficient (Wildman–Crippen LogP) is 5.06. The number of halogens is 2. The van der Waals surface area contributed by atoms with Crippen LogP contribution in [-0.2, 0) is 22.3 Å². The fraction of sp³-hybridized carbons (Fsp3) is 0.526. The molecule has 0 aliphatic rings. The van der Waals surface area contributed by atoms with Gasteiger partial charge in [0, 0.05) is 11.1 Å². The van der Waals surface area contributed by atoms with Gasteiger partial charge in [-0.15, -0.1) is 0 Å². The molecule has 0 atom stereocenters. The molecule has 26 heavy (non-hydrogen) atoms. The average Bonchev–Trinajstić information content (AvgIpc) is 2.88. The molecular weight excluding hydrogens is 356 g/mol. The van der Waals surface area contributed by atoms with E-state index >= 15 is 0 Å². The third-order valence-electron chi connectivity index (χ3n) is 5.18. The van der Waals surface area contributed by atoms with E-state index in [4.69, 9.17) is 4.43 Å². The summed E-state index contributed by atoms with van der Waals surface area (Å²) in [5.41, 5.74) is 1.18. The quantitative estimate of drug-likeness (QED) is 0.517. The van der Waals surface area contributed by atoms with Crippen LogP contribution in [0.1, 0.15) is 36.8 Å². The number of fused-ring (bicyclic) bond motifs is 1. The summed E-state index contributed by atoms with van der Waals surface area (Å²) in [6.45, 7) is 10.6. The third-order valence-corrected chi connectivity index (χ3v) is 9.65. The van der Waals surface area contributed by atoms with Crippen LogP contribution in [0.2, 0.25) is 18.1 Å². The highest BCUT2D eigenvalue weighted by molar-refractivity contribution is 6.74. The zero-order valence-electron chi connectivity index (χ0n) is 16.3. The van der Waals surface area contributed by atoms with Crippen molar-refractivity contribution in [3.63, 3.8) is 0 Å². The van der Waals surface area contributed by atoms with Crippen LogP contribution in [0.25, 0.3) is 10.9 Å². The van der Waals surface area contributed by atoms with Crippen molar-refractivity contribution in [3.05, 3.63) is 35.3 Å². The molecule has 0 aliphatic heterocycles. The summed E-state index contributed by atoms with van der Waals surface area (Å²) >= 11 is 0. The van der Waals surface area contributed by atoms with Gasteiger partial charge in [-0.3, -0.25) is 0 Å². The molecule has 0 unspecified atom stereocenters. The lowest BCUT2D eigenvalue weighted by Gasteiger charge is -2.36. The van der Waals surface area contributed by atoms with Gasteiger partial charge in [0.1, 0.15) is 12.5 Å². The molecule has 1 aromatic heterocycles. The van der Waals surface area contributed by atoms with Crippen LogP contribution in [0.15, 0.2) is 18.2 Å². The summed E-state index contributed by atoms with van der Waals surface area (Å²) in [4.78, 5) is 11.7. The molecule has 144 valence electrons. The maximum Gasteiger partial charge on any atom is 0.340 e. The van der Waals surface area contributed by atoms with Crippen molar-refractivity contribution < 1.29 is 22.7 Å². The number of rotatable bonds is 6. The highest BCUT2D eigenvalue weighted by Gasteiger charge is 2.37. The van der Waals surface area contributed by atoms with Crippen LogP contribution in [0.5, 0.6) is 0 Å². The second-order valence-electron chi connectivity index (χ2n) is 7.91. The first-order chi connectivity index (χ1) is 12.0. The van der Waals surface area contributed by atoms with E-state index < -0.39 is 26.8 Å². The standard InChI is InChI=1S/C19H27F2NO3Si/c1-19(2,3)26(5,6)25-12-14-9-13-10-15(18(23)24-4)16(21)11-17(13)22(14)8-7-20/h9-11H,7-8,12H2,1-6H3. The smallest absolute Gasteiger partial charge is 0.340 e. The van der Waals surface area contributed by atoms with Gasteiger partial charge in [0.2, 0.25) is 0 Å². The first-order valence-electron chi connectivity index (χ1n) is 8.61. The van der Waals surface area contributed by atoms with Crippen LogP contribution < -0.4 is 0 Å². The maximum atomic E-state index is 14.3. The van der Waals surface area contributed by atoms with Gasteiger partial charge in [-0.25, -0.2) is 13.6 Å². The van der Waals surface area contributed by atoms with Crippen molar-refractivity contribution in [3.8, 4) is 0 Å². The Bertz CT molecular complexity index is 809. The summed E-state index contributed by atoms with van der Waals surface area (Å²) in [6.07, 6.45) is 0. The first-order valence-corrected chi connectivity index (χ1v) is 11.5. The van der Waals surface area contributed by atoms with E-state index in [1.165, 1.54) is 19.2 Å². The highest BCUT2D eigenvalue weighted by atomic mass is 28.4. The summed E-state index contributed by atoms with van der Waals surface area (Å²) in [7, 11) is -0.776. The Balaban J connectivity index is 2.46. The second-order valence-corrected chi connectivity index (χ2v) is 12.7. The van der Waals surface area contributed by atoms with E-state index in [0.29, 0.717) is 17.5 Å². The Morgan fingerprint density at radius 1 is 1.23 bits per heavy atom. The van der Waals surface area contributed by atoms with Crippen molar-refractivity contribution in [1.82, 2.24) is 4.57 Å². The van der Waals surface area contributed by atoms with Gasteiger partial charge in [-0.2, -0.15) is 0 Å². The molecule has 0 amide bonds. The van der Waals surface area contributed by atoms with Crippen LogP contribution in [0, 0.1) is 5.82 Å². The fourth-order valence-corrected chi connectivity index (χ4v) is 3.49. The lowest BCUT2D eigenvalue weighted by molar-refractivity contribution is 0.0595. The lowest BCUT2D eigenvalue weighted by atomic mass is 10.1. The molecule has 1 aromatic carbocycles. The molecule has 2 rings (SSSR count). The molecule has 0 radical (unpaired) electrons. The molecule has 4 nitrogen and oxygen atoms in total. The topological polar surface area (TPSA) is 40.5 Å². The molecule has 0 saturated heterocycles. The number of benzene rings is 1. The van der Waals surface area contributed by atoms with Crippen molar-refractivity contribution in [2.75, 3.05) is 13.8 Å². The Labute approximate surface area is 154 Å². The molecule has 0 bridgehead atoms. The summed E-state index contributed by atoms with van der Waals surface area (Å²) in [5.74, 6) is -1.42. The van der Waals surface area contributed by atoms with Crippen molar-refractivity contribution in [2.45, 2.75) is 52.1 Å². The highest BCUT2D eigenvalue weighted by Crippen LogP contribution is 2.37. The fourth-order valence-electron chi connectivity index (χ4n) is 2.55. The van der Waals surface area contributed by atoms with Crippen LogP contribution in [-0.4, -0.2) is 32.6 Å². The largest absolute Gasteiger partial charge is 0.465 e. The number of alkyl halides is 1.